The van der Waals surface area contributed by atoms with Crippen LogP contribution in [0.25, 0.3) is 10.9 Å². The first-order valence-electron chi connectivity index (χ1n) is 8.43. The van der Waals surface area contributed by atoms with Crippen molar-refractivity contribution in [2.24, 2.45) is 5.92 Å². The van der Waals surface area contributed by atoms with E-state index in [-0.39, 0.29) is 4.31 Å². The molecule has 1 nitrogen and oxygen atoms in total. The van der Waals surface area contributed by atoms with E-state index in [1.54, 1.807) is 5.56 Å². The van der Waals surface area contributed by atoms with E-state index < -0.39 is 0 Å². The molecule has 2 unspecified atom stereocenters. The van der Waals surface area contributed by atoms with Crippen molar-refractivity contribution >= 4 is 30.3 Å². The molecule has 118 valence electrons. The van der Waals surface area contributed by atoms with E-state index in [0.29, 0.717) is 26.8 Å². The van der Waals surface area contributed by atoms with Crippen LogP contribution in [0.3, 0.4) is 0 Å². The minimum atomic E-state index is 0.262. The normalized spacial score (nSPS) is 23.6. The van der Waals surface area contributed by atoms with Crippen molar-refractivity contribution < 1.29 is 0 Å². The third-order valence-electron chi connectivity index (χ3n) is 5.15. The second-order valence-corrected chi connectivity index (χ2v) is 10.5. The first kappa shape index (κ1) is 15.1. The van der Waals surface area contributed by atoms with Crippen LogP contribution in [0, 0.1) is 5.92 Å². The zero-order valence-corrected chi connectivity index (χ0v) is 15.7. The fourth-order valence-corrected chi connectivity index (χ4v) is 6.81. The van der Waals surface area contributed by atoms with Gasteiger partial charge in [-0.1, -0.05) is 0 Å². The third-order valence-corrected chi connectivity index (χ3v) is 7.94. The average Bonchev–Trinajstić information content (AvgIpc) is 3.05. The monoisotopic (exact) mass is 369 g/mol. The molecule has 0 amide bonds. The summed E-state index contributed by atoms with van der Waals surface area (Å²) in [4.78, 5) is 3.79. The SMILES string of the molecule is CC(C)C1CC(C)([Se]c2ccccc2)c2[nH]c3ccccc3c21. The Morgan fingerprint density at radius 1 is 1.04 bits per heavy atom. The van der Waals surface area contributed by atoms with E-state index in [4.69, 9.17) is 0 Å². The molecule has 0 radical (unpaired) electrons. The first-order chi connectivity index (χ1) is 11.1. The molecule has 0 fully saturated rings. The summed E-state index contributed by atoms with van der Waals surface area (Å²) in [5.74, 6) is 1.35. The number of rotatable bonds is 3. The van der Waals surface area contributed by atoms with Crippen LogP contribution in [-0.2, 0) is 4.31 Å². The molecule has 0 aliphatic heterocycles. The molecule has 2 aromatic carbocycles. The van der Waals surface area contributed by atoms with E-state index in [1.807, 2.05) is 0 Å². The van der Waals surface area contributed by atoms with Gasteiger partial charge in [0.15, 0.2) is 0 Å². The molecule has 1 aliphatic rings. The maximum atomic E-state index is 3.79. The number of hydrogen-bond acceptors (Lipinski definition) is 0. The van der Waals surface area contributed by atoms with Crippen molar-refractivity contribution in [1.82, 2.24) is 4.98 Å². The van der Waals surface area contributed by atoms with Crippen LogP contribution in [0.1, 0.15) is 44.4 Å². The average molecular weight is 368 g/mol. The van der Waals surface area contributed by atoms with Gasteiger partial charge >= 0.3 is 145 Å². The van der Waals surface area contributed by atoms with E-state index in [0.717, 1.165) is 0 Å². The third kappa shape index (κ3) is 2.45. The van der Waals surface area contributed by atoms with Crippen LogP contribution >= 0.6 is 0 Å². The fourth-order valence-electron chi connectivity index (χ4n) is 4.00. The second-order valence-electron chi connectivity index (χ2n) is 7.16. The molecule has 1 heterocycles. The maximum absolute atomic E-state index is 3.79. The zero-order valence-electron chi connectivity index (χ0n) is 14.0. The van der Waals surface area contributed by atoms with Crippen LogP contribution < -0.4 is 4.46 Å². The van der Waals surface area contributed by atoms with Gasteiger partial charge in [-0.2, -0.15) is 0 Å². The van der Waals surface area contributed by atoms with Crippen LogP contribution in [-0.4, -0.2) is 19.9 Å². The molecule has 4 rings (SSSR count). The predicted molar refractivity (Wildman–Crippen MR) is 99.7 cm³/mol. The zero-order chi connectivity index (χ0) is 16.0. The quantitative estimate of drug-likeness (QED) is 0.653. The molecular weight excluding hydrogens is 345 g/mol. The van der Waals surface area contributed by atoms with Crippen molar-refractivity contribution in [3.8, 4) is 0 Å². The molecule has 0 bridgehead atoms. The van der Waals surface area contributed by atoms with Crippen LogP contribution in [0.5, 0.6) is 0 Å². The number of aromatic amines is 1. The number of para-hydroxylation sites is 1. The van der Waals surface area contributed by atoms with E-state index in [2.05, 4.69) is 80.4 Å². The van der Waals surface area contributed by atoms with Crippen LogP contribution in [0.4, 0.5) is 0 Å². The van der Waals surface area contributed by atoms with Gasteiger partial charge in [0.2, 0.25) is 0 Å². The summed E-state index contributed by atoms with van der Waals surface area (Å²) in [5, 5.41) is 1.44. The molecule has 23 heavy (non-hydrogen) atoms. The summed E-state index contributed by atoms with van der Waals surface area (Å²) in [6.07, 6.45) is 1.27. The van der Waals surface area contributed by atoms with E-state index >= 15 is 0 Å². The summed E-state index contributed by atoms with van der Waals surface area (Å²) < 4.78 is 1.76. The standard InChI is InChI=1S/C21H23NSe/c1-14(2)17-13-21(3,23-15-9-5-4-6-10-15)20-19(17)16-11-7-8-12-18(16)22-20/h4-12,14,17,22H,13H2,1-3H3. The van der Waals surface area contributed by atoms with Crippen LogP contribution in [0.15, 0.2) is 54.6 Å². The molecule has 1 N–H and O–H groups in total. The molecule has 3 aromatic rings. The molecule has 2 heteroatoms. The minimum absolute atomic E-state index is 0.262. The second kappa shape index (κ2) is 5.54. The van der Waals surface area contributed by atoms with Crippen molar-refractivity contribution in [3.63, 3.8) is 0 Å². The Morgan fingerprint density at radius 3 is 2.48 bits per heavy atom. The Hall–Kier alpha value is -1.50. The first-order valence-corrected chi connectivity index (χ1v) is 10.1. The van der Waals surface area contributed by atoms with Crippen molar-refractivity contribution in [2.45, 2.75) is 37.4 Å². The summed E-state index contributed by atoms with van der Waals surface area (Å²) >= 11 is 0.438. The number of H-pyrrole nitrogens is 1. The molecule has 2 atom stereocenters. The molecule has 0 saturated carbocycles. The van der Waals surface area contributed by atoms with Gasteiger partial charge in [-0.3, -0.25) is 0 Å². The van der Waals surface area contributed by atoms with Gasteiger partial charge in [0.25, 0.3) is 0 Å². The topological polar surface area (TPSA) is 15.8 Å². The van der Waals surface area contributed by atoms with E-state index in [9.17, 15) is 0 Å². The fraction of sp³-hybridized carbons (Fsp3) is 0.333. The van der Waals surface area contributed by atoms with Gasteiger partial charge in [-0.05, 0) is 0 Å². The molecule has 0 spiro atoms. The summed E-state index contributed by atoms with van der Waals surface area (Å²) in [6.45, 7) is 7.21. The summed E-state index contributed by atoms with van der Waals surface area (Å²) in [5.41, 5.74) is 4.40. The number of aromatic nitrogens is 1. The van der Waals surface area contributed by atoms with Crippen molar-refractivity contribution in [2.75, 3.05) is 0 Å². The Kier molecular flexibility index (Phi) is 3.63. The Balaban J connectivity index is 1.85. The summed E-state index contributed by atoms with van der Waals surface area (Å²) in [6, 6.07) is 19.9. The van der Waals surface area contributed by atoms with Crippen molar-refractivity contribution in [3.05, 3.63) is 65.9 Å². The van der Waals surface area contributed by atoms with Gasteiger partial charge in [-0.15, -0.1) is 0 Å². The molecule has 1 aliphatic carbocycles. The molecule has 1 aromatic heterocycles. The number of fused-ring (bicyclic) bond motifs is 3. The van der Waals surface area contributed by atoms with Gasteiger partial charge in [0, 0.05) is 0 Å². The van der Waals surface area contributed by atoms with Crippen molar-refractivity contribution in [1.29, 1.82) is 0 Å². The number of nitrogens with one attached hydrogen (secondary N) is 1. The Bertz CT molecular complexity index is 833. The molecular formula is C21H23NSe. The van der Waals surface area contributed by atoms with Gasteiger partial charge in [0.05, 0.1) is 0 Å². The number of hydrogen-bond donors (Lipinski definition) is 1. The Labute approximate surface area is 144 Å². The number of benzene rings is 2. The Morgan fingerprint density at radius 2 is 1.74 bits per heavy atom. The van der Waals surface area contributed by atoms with Gasteiger partial charge < -0.3 is 0 Å². The van der Waals surface area contributed by atoms with Gasteiger partial charge in [-0.25, -0.2) is 0 Å². The molecule has 0 saturated heterocycles. The van der Waals surface area contributed by atoms with E-state index in [1.165, 1.54) is 27.5 Å². The summed E-state index contributed by atoms with van der Waals surface area (Å²) in [7, 11) is 0. The van der Waals surface area contributed by atoms with Gasteiger partial charge in [0.1, 0.15) is 0 Å². The van der Waals surface area contributed by atoms with Crippen LogP contribution in [0.2, 0.25) is 0 Å². The predicted octanol–water partition coefficient (Wildman–Crippen LogP) is 4.56.